The molecule has 0 spiro atoms. The molecule has 1 radical (unpaired) electrons. The fraction of sp³-hybridized carbons (Fsp3) is 0. The topological polar surface area (TPSA) is 41.1 Å². The molecule has 0 saturated carbocycles. The number of fused-ring (bicyclic) bond motifs is 3. The molecule has 0 aliphatic carbocycles. The van der Waals surface area contributed by atoms with E-state index in [2.05, 4.69) is 17.1 Å². The van der Waals surface area contributed by atoms with E-state index < -0.39 is 0 Å². The van der Waals surface area contributed by atoms with E-state index in [1.807, 2.05) is 28.9 Å². The number of nitriles is 1. The molecule has 0 unspecified atom stereocenters. The third kappa shape index (κ3) is 1.51. The number of rotatable bonds is 0. The van der Waals surface area contributed by atoms with Gasteiger partial charge in [-0.1, -0.05) is 6.07 Å². The maximum Gasteiger partial charge on any atom is 0.0603 e. The molecule has 0 N–H and O–H groups in total. The summed E-state index contributed by atoms with van der Waals surface area (Å²) in [5.74, 6) is 0. The second kappa shape index (κ2) is 4.05. The Balaban J connectivity index is 0.000000963. The van der Waals surface area contributed by atoms with Crippen molar-refractivity contribution in [3.63, 3.8) is 0 Å². The van der Waals surface area contributed by atoms with Crippen molar-refractivity contribution in [2.75, 3.05) is 0 Å². The van der Waals surface area contributed by atoms with Gasteiger partial charge in [0.1, 0.15) is 0 Å². The maximum absolute atomic E-state index is 8.78. The number of hydrogen-bond acceptors (Lipinski definition) is 2. The van der Waals surface area contributed by atoms with Gasteiger partial charge in [-0.05, 0) is 11.8 Å². The summed E-state index contributed by atoms with van der Waals surface area (Å²) in [6, 6.07) is 10.7. The summed E-state index contributed by atoms with van der Waals surface area (Å²) in [5.41, 5.74) is 1.50. The zero-order valence-electron chi connectivity index (χ0n) is 8.14. The van der Waals surface area contributed by atoms with E-state index in [0.29, 0.717) is 5.56 Å². The van der Waals surface area contributed by atoms with E-state index in [9.17, 15) is 0 Å². The number of pyridine rings is 1. The molecule has 3 aromatic rings. The first-order valence-corrected chi connectivity index (χ1v) is 4.56. The van der Waals surface area contributed by atoms with Crippen LogP contribution in [0, 0.1) is 17.4 Å². The van der Waals surface area contributed by atoms with E-state index in [1.54, 1.807) is 12.3 Å². The Morgan fingerprint density at radius 2 is 2.25 bits per heavy atom. The molecule has 0 fully saturated rings. The average Bonchev–Trinajstić information content (AvgIpc) is 2.76. The summed E-state index contributed by atoms with van der Waals surface area (Å²) in [4.78, 5) is 4.25. The molecular formula is C12H6IrN3-. The maximum atomic E-state index is 8.78. The Morgan fingerprint density at radius 1 is 1.38 bits per heavy atom. The van der Waals surface area contributed by atoms with Crippen LogP contribution in [0.4, 0.5) is 0 Å². The Morgan fingerprint density at radius 3 is 3.06 bits per heavy atom. The van der Waals surface area contributed by atoms with Gasteiger partial charge in [-0.2, -0.15) is 0 Å². The zero-order chi connectivity index (χ0) is 10.3. The van der Waals surface area contributed by atoms with Crippen LogP contribution >= 0.6 is 0 Å². The molecular weight excluding hydrogens is 378 g/mol. The summed E-state index contributed by atoms with van der Waals surface area (Å²) in [6.07, 6.45) is 5.57. The molecule has 0 atom stereocenters. The quantitative estimate of drug-likeness (QED) is 0.558. The average molecular weight is 384 g/mol. The minimum atomic E-state index is 0. The van der Waals surface area contributed by atoms with Crippen LogP contribution in [0.1, 0.15) is 5.56 Å². The molecule has 3 rings (SSSR count). The number of nitrogens with zero attached hydrogens (tertiary/aromatic N) is 3. The molecule has 3 nitrogen and oxygen atoms in total. The van der Waals surface area contributed by atoms with Gasteiger partial charge in [-0.15, -0.1) is 29.0 Å². The molecule has 0 bridgehead atoms. The molecule has 79 valence electrons. The Labute approximate surface area is 106 Å². The van der Waals surface area contributed by atoms with Crippen LogP contribution in [0.2, 0.25) is 0 Å². The minimum absolute atomic E-state index is 0. The fourth-order valence-corrected chi connectivity index (χ4v) is 1.69. The predicted octanol–water partition coefficient (Wildman–Crippen LogP) is 2.16. The number of imidazole rings is 1. The van der Waals surface area contributed by atoms with Gasteiger partial charge in [0.25, 0.3) is 0 Å². The van der Waals surface area contributed by atoms with Crippen molar-refractivity contribution in [3.8, 4) is 6.07 Å². The summed E-state index contributed by atoms with van der Waals surface area (Å²) >= 11 is 0. The van der Waals surface area contributed by atoms with Crippen molar-refractivity contribution in [1.82, 2.24) is 9.38 Å². The van der Waals surface area contributed by atoms with Crippen molar-refractivity contribution < 1.29 is 20.1 Å². The molecule has 2 heterocycles. The van der Waals surface area contributed by atoms with Gasteiger partial charge < -0.3 is 4.40 Å². The van der Waals surface area contributed by atoms with E-state index >= 15 is 0 Å². The second-order valence-corrected chi connectivity index (χ2v) is 3.30. The summed E-state index contributed by atoms with van der Waals surface area (Å²) < 4.78 is 1.94. The molecule has 1 aromatic carbocycles. The SMILES string of the molecule is N#Cc1c[c-]c2c(ccn3ccnc23)c1.[Ir]. The zero-order valence-corrected chi connectivity index (χ0v) is 10.5. The molecule has 0 saturated heterocycles. The van der Waals surface area contributed by atoms with Crippen LogP contribution in [0.15, 0.2) is 36.8 Å². The van der Waals surface area contributed by atoms with E-state index in [4.69, 9.17) is 5.26 Å². The number of hydrogen-bond donors (Lipinski definition) is 0. The molecule has 2 aromatic heterocycles. The van der Waals surface area contributed by atoms with Gasteiger partial charge in [-0.25, -0.2) is 5.26 Å². The van der Waals surface area contributed by atoms with Gasteiger partial charge in [-0.3, -0.25) is 4.98 Å². The van der Waals surface area contributed by atoms with E-state index in [0.717, 1.165) is 16.4 Å². The van der Waals surface area contributed by atoms with Crippen molar-refractivity contribution in [3.05, 3.63) is 48.4 Å². The summed E-state index contributed by atoms with van der Waals surface area (Å²) in [5, 5.41) is 10.7. The van der Waals surface area contributed by atoms with Crippen LogP contribution in [-0.4, -0.2) is 9.38 Å². The first kappa shape index (κ1) is 10.8. The van der Waals surface area contributed by atoms with Crippen molar-refractivity contribution in [2.24, 2.45) is 0 Å². The third-order valence-electron chi connectivity index (χ3n) is 2.41. The van der Waals surface area contributed by atoms with Crippen LogP contribution in [0.5, 0.6) is 0 Å². The van der Waals surface area contributed by atoms with Crippen LogP contribution < -0.4 is 0 Å². The molecule has 0 amide bonds. The first-order valence-electron chi connectivity index (χ1n) is 4.56. The molecule has 16 heavy (non-hydrogen) atoms. The van der Waals surface area contributed by atoms with Crippen molar-refractivity contribution in [1.29, 1.82) is 5.26 Å². The van der Waals surface area contributed by atoms with Gasteiger partial charge in [0, 0.05) is 38.6 Å². The normalized spacial score (nSPS) is 9.94. The van der Waals surface area contributed by atoms with Crippen molar-refractivity contribution in [2.45, 2.75) is 0 Å². The minimum Gasteiger partial charge on any atom is -0.347 e. The van der Waals surface area contributed by atoms with E-state index in [1.165, 1.54) is 0 Å². The largest absolute Gasteiger partial charge is 0.347 e. The van der Waals surface area contributed by atoms with Gasteiger partial charge in [0.15, 0.2) is 0 Å². The third-order valence-corrected chi connectivity index (χ3v) is 2.41. The summed E-state index contributed by atoms with van der Waals surface area (Å²) in [7, 11) is 0. The van der Waals surface area contributed by atoms with Crippen LogP contribution in [-0.2, 0) is 20.1 Å². The van der Waals surface area contributed by atoms with Gasteiger partial charge in [0.2, 0.25) is 0 Å². The smallest absolute Gasteiger partial charge is 0.0603 e. The Bertz CT molecular complexity index is 694. The van der Waals surface area contributed by atoms with Crippen LogP contribution in [0.3, 0.4) is 0 Å². The predicted molar refractivity (Wildman–Crippen MR) is 56.2 cm³/mol. The van der Waals surface area contributed by atoms with Gasteiger partial charge >= 0.3 is 0 Å². The monoisotopic (exact) mass is 385 g/mol. The summed E-state index contributed by atoms with van der Waals surface area (Å²) in [6.45, 7) is 0. The number of aromatic nitrogens is 2. The second-order valence-electron chi connectivity index (χ2n) is 3.30. The molecule has 0 aliphatic rings. The molecule has 4 heteroatoms. The fourth-order valence-electron chi connectivity index (χ4n) is 1.69. The van der Waals surface area contributed by atoms with E-state index in [-0.39, 0.29) is 20.1 Å². The van der Waals surface area contributed by atoms with Crippen molar-refractivity contribution >= 4 is 16.4 Å². The first-order chi connectivity index (χ1) is 7.38. The Hall–Kier alpha value is -1.69. The van der Waals surface area contributed by atoms with Gasteiger partial charge in [0.05, 0.1) is 5.65 Å². The van der Waals surface area contributed by atoms with Crippen LogP contribution in [0.25, 0.3) is 16.4 Å². The number of benzene rings is 1. The molecule has 0 aliphatic heterocycles. The Kier molecular flexibility index (Phi) is 2.74. The standard InChI is InChI=1S/C12H6N3.Ir/c13-8-9-1-2-11-10(7-9)3-5-15-6-4-14-12(11)15;/h1,3-7H;/q-1;.